The van der Waals surface area contributed by atoms with Crippen LogP contribution in [0.1, 0.15) is 50.4 Å². The predicted molar refractivity (Wildman–Crippen MR) is 73.6 cm³/mol. The zero-order chi connectivity index (χ0) is 14.6. The van der Waals surface area contributed by atoms with E-state index in [0.717, 1.165) is 19.3 Å². The lowest BCUT2D eigenvalue weighted by atomic mass is 9.97. The van der Waals surface area contributed by atoms with Crippen molar-refractivity contribution < 1.29 is 4.79 Å². The maximum absolute atomic E-state index is 11.9. The summed E-state index contributed by atoms with van der Waals surface area (Å²) in [4.78, 5) is 37.3. The molecule has 6 heteroatoms. The Hall–Kier alpha value is -1.85. The minimum atomic E-state index is -0.660. The van der Waals surface area contributed by atoms with E-state index in [4.69, 9.17) is 0 Å². The minimum absolute atomic E-state index is 0.0494. The molecule has 0 radical (unpaired) electrons. The first-order chi connectivity index (χ1) is 8.83. The second kappa shape index (κ2) is 5.86. The number of nitrogens with one attached hydrogen (secondary N) is 2. The van der Waals surface area contributed by atoms with E-state index in [0.29, 0.717) is 0 Å². The van der Waals surface area contributed by atoms with Crippen LogP contribution in [0.25, 0.3) is 0 Å². The van der Waals surface area contributed by atoms with Crippen molar-refractivity contribution in [3.8, 4) is 0 Å². The van der Waals surface area contributed by atoms with Gasteiger partial charge in [0.1, 0.15) is 5.56 Å². The molecule has 1 rings (SSSR count). The quantitative estimate of drug-likeness (QED) is 0.828. The second-order valence-corrected chi connectivity index (χ2v) is 5.17. The predicted octanol–water partition coefficient (Wildman–Crippen LogP) is 0.821. The van der Waals surface area contributed by atoms with Gasteiger partial charge in [0, 0.05) is 18.8 Å². The lowest BCUT2D eigenvalue weighted by Gasteiger charge is -2.27. The molecule has 106 valence electrons. The second-order valence-electron chi connectivity index (χ2n) is 5.17. The Morgan fingerprint density at radius 3 is 2.58 bits per heavy atom. The van der Waals surface area contributed by atoms with E-state index in [1.165, 1.54) is 17.8 Å². The molecule has 1 aromatic heterocycles. The van der Waals surface area contributed by atoms with E-state index < -0.39 is 22.7 Å². The van der Waals surface area contributed by atoms with Crippen LogP contribution in [-0.2, 0) is 5.54 Å². The van der Waals surface area contributed by atoms with E-state index >= 15 is 0 Å². The van der Waals surface area contributed by atoms with Crippen LogP contribution in [0.5, 0.6) is 0 Å². The number of hydrogen-bond acceptors (Lipinski definition) is 3. The summed E-state index contributed by atoms with van der Waals surface area (Å²) >= 11 is 0. The Kier molecular flexibility index (Phi) is 4.69. The standard InChI is InChI=1S/C13H21N3O3/c1-5-6-7-13(2,3)16-8-9(10(17)14-4)11(18)15-12(16)19/h8H,5-7H2,1-4H3,(H,14,17)(H,15,18,19). The van der Waals surface area contributed by atoms with Gasteiger partial charge in [-0.05, 0) is 20.3 Å². The summed E-state index contributed by atoms with van der Waals surface area (Å²) in [5.41, 5.74) is -1.64. The molecule has 1 aromatic rings. The van der Waals surface area contributed by atoms with Crippen molar-refractivity contribution in [1.82, 2.24) is 14.9 Å². The third-order valence-corrected chi connectivity index (χ3v) is 3.21. The van der Waals surface area contributed by atoms with Crippen LogP contribution >= 0.6 is 0 Å². The average Bonchev–Trinajstić information content (AvgIpc) is 2.35. The number of rotatable bonds is 5. The summed E-state index contributed by atoms with van der Waals surface area (Å²) in [6.07, 6.45) is 4.12. The van der Waals surface area contributed by atoms with E-state index in [2.05, 4.69) is 17.2 Å². The molecule has 0 spiro atoms. The van der Waals surface area contributed by atoms with Crippen LogP contribution in [0.15, 0.2) is 15.8 Å². The number of carbonyl (C=O) groups excluding carboxylic acids is 1. The first-order valence-corrected chi connectivity index (χ1v) is 6.42. The smallest absolute Gasteiger partial charge is 0.328 e. The normalized spacial score (nSPS) is 11.4. The molecule has 0 aromatic carbocycles. The van der Waals surface area contributed by atoms with Crippen LogP contribution < -0.4 is 16.6 Å². The zero-order valence-corrected chi connectivity index (χ0v) is 11.9. The van der Waals surface area contributed by atoms with Gasteiger partial charge < -0.3 is 5.32 Å². The summed E-state index contributed by atoms with van der Waals surface area (Å²) in [5, 5.41) is 2.39. The van der Waals surface area contributed by atoms with Gasteiger partial charge in [0.2, 0.25) is 0 Å². The van der Waals surface area contributed by atoms with E-state index in [-0.39, 0.29) is 5.56 Å². The van der Waals surface area contributed by atoms with Gasteiger partial charge in [-0.2, -0.15) is 0 Å². The van der Waals surface area contributed by atoms with Crippen molar-refractivity contribution in [3.05, 3.63) is 32.6 Å². The molecule has 19 heavy (non-hydrogen) atoms. The van der Waals surface area contributed by atoms with Crippen LogP contribution in [0.3, 0.4) is 0 Å². The molecule has 0 aliphatic rings. The first-order valence-electron chi connectivity index (χ1n) is 6.42. The average molecular weight is 267 g/mol. The Morgan fingerprint density at radius 1 is 1.42 bits per heavy atom. The molecule has 0 bridgehead atoms. The van der Waals surface area contributed by atoms with E-state index in [1.807, 2.05) is 13.8 Å². The van der Waals surface area contributed by atoms with Crippen molar-refractivity contribution in [3.63, 3.8) is 0 Å². The highest BCUT2D eigenvalue weighted by molar-refractivity contribution is 5.93. The molecule has 0 saturated carbocycles. The molecule has 1 amide bonds. The summed E-state index contributed by atoms with van der Waals surface area (Å²) in [5.74, 6) is -0.499. The van der Waals surface area contributed by atoms with Crippen molar-refractivity contribution in [2.24, 2.45) is 0 Å². The van der Waals surface area contributed by atoms with Gasteiger partial charge in [-0.25, -0.2) is 4.79 Å². The Bertz CT molecular complexity index is 569. The first kappa shape index (κ1) is 15.2. The van der Waals surface area contributed by atoms with Crippen molar-refractivity contribution in [2.75, 3.05) is 7.05 Å². The lowest BCUT2D eigenvalue weighted by Crippen LogP contribution is -2.43. The monoisotopic (exact) mass is 267 g/mol. The highest BCUT2D eigenvalue weighted by Crippen LogP contribution is 2.20. The highest BCUT2D eigenvalue weighted by Gasteiger charge is 2.23. The van der Waals surface area contributed by atoms with Crippen LogP contribution in [0.4, 0.5) is 0 Å². The van der Waals surface area contributed by atoms with Gasteiger partial charge in [-0.1, -0.05) is 19.8 Å². The van der Waals surface area contributed by atoms with Crippen molar-refractivity contribution >= 4 is 5.91 Å². The molecule has 0 atom stereocenters. The van der Waals surface area contributed by atoms with Crippen LogP contribution in [0.2, 0.25) is 0 Å². The summed E-state index contributed by atoms with van der Waals surface area (Å²) in [6.45, 7) is 5.90. The molecule has 0 fully saturated rings. The summed E-state index contributed by atoms with van der Waals surface area (Å²) < 4.78 is 1.43. The Morgan fingerprint density at radius 2 is 2.05 bits per heavy atom. The molecule has 0 unspecified atom stereocenters. The van der Waals surface area contributed by atoms with Crippen molar-refractivity contribution in [2.45, 2.75) is 45.6 Å². The van der Waals surface area contributed by atoms with E-state index in [1.54, 1.807) is 0 Å². The molecular weight excluding hydrogens is 246 g/mol. The molecule has 6 nitrogen and oxygen atoms in total. The van der Waals surface area contributed by atoms with Gasteiger partial charge in [-0.3, -0.25) is 19.1 Å². The number of H-pyrrole nitrogens is 1. The number of carbonyl (C=O) groups is 1. The summed E-state index contributed by atoms with van der Waals surface area (Å²) in [6, 6.07) is 0. The van der Waals surface area contributed by atoms with E-state index in [9.17, 15) is 14.4 Å². The molecule has 0 saturated heterocycles. The number of unbranched alkanes of at least 4 members (excludes halogenated alkanes) is 1. The van der Waals surface area contributed by atoms with Gasteiger partial charge in [0.15, 0.2) is 0 Å². The molecule has 2 N–H and O–H groups in total. The molecule has 0 aliphatic heterocycles. The number of aromatic nitrogens is 2. The molecular formula is C13H21N3O3. The SMILES string of the molecule is CCCCC(C)(C)n1cc(C(=O)NC)c(=O)[nH]c1=O. The fraction of sp³-hybridized carbons (Fsp3) is 0.615. The number of amides is 1. The number of nitrogens with zero attached hydrogens (tertiary/aromatic N) is 1. The van der Waals surface area contributed by atoms with Gasteiger partial charge in [0.25, 0.3) is 11.5 Å². The van der Waals surface area contributed by atoms with Gasteiger partial charge >= 0.3 is 5.69 Å². The van der Waals surface area contributed by atoms with Crippen LogP contribution in [-0.4, -0.2) is 22.5 Å². The summed E-state index contributed by atoms with van der Waals surface area (Å²) in [7, 11) is 1.44. The highest BCUT2D eigenvalue weighted by atomic mass is 16.2. The topological polar surface area (TPSA) is 84.0 Å². The third-order valence-electron chi connectivity index (χ3n) is 3.21. The fourth-order valence-corrected chi connectivity index (χ4v) is 1.95. The largest absolute Gasteiger partial charge is 0.355 e. The lowest BCUT2D eigenvalue weighted by molar-refractivity contribution is 0.0960. The third kappa shape index (κ3) is 3.33. The molecule has 1 heterocycles. The van der Waals surface area contributed by atoms with Gasteiger partial charge in [-0.15, -0.1) is 0 Å². The molecule has 0 aliphatic carbocycles. The number of hydrogen-bond donors (Lipinski definition) is 2. The maximum Gasteiger partial charge on any atom is 0.328 e. The Labute approximate surface area is 111 Å². The number of aromatic amines is 1. The zero-order valence-electron chi connectivity index (χ0n) is 11.9. The van der Waals surface area contributed by atoms with Gasteiger partial charge in [0.05, 0.1) is 0 Å². The minimum Gasteiger partial charge on any atom is -0.355 e. The Balaban J connectivity index is 3.32. The fourth-order valence-electron chi connectivity index (χ4n) is 1.95. The van der Waals surface area contributed by atoms with Crippen LogP contribution in [0, 0.1) is 0 Å². The van der Waals surface area contributed by atoms with Crippen molar-refractivity contribution in [1.29, 1.82) is 0 Å². The maximum atomic E-state index is 11.9.